The van der Waals surface area contributed by atoms with Gasteiger partial charge in [-0.25, -0.2) is 4.98 Å². The van der Waals surface area contributed by atoms with E-state index in [1.54, 1.807) is 0 Å². The predicted molar refractivity (Wildman–Crippen MR) is 56.3 cm³/mol. The van der Waals surface area contributed by atoms with Gasteiger partial charge in [-0.05, 0) is 25.5 Å². The van der Waals surface area contributed by atoms with Crippen molar-refractivity contribution < 1.29 is 0 Å². The number of nitrogens with zero attached hydrogens (tertiary/aromatic N) is 3. The van der Waals surface area contributed by atoms with Gasteiger partial charge in [-0.3, -0.25) is 0 Å². The molecule has 0 fully saturated rings. The third kappa shape index (κ3) is 1.54. The van der Waals surface area contributed by atoms with Crippen molar-refractivity contribution in [1.29, 1.82) is 0 Å². The van der Waals surface area contributed by atoms with Crippen molar-refractivity contribution in [2.24, 2.45) is 4.40 Å². The number of hydrogen-bond donors (Lipinski definition) is 0. The van der Waals surface area contributed by atoms with Gasteiger partial charge in [0.1, 0.15) is 11.4 Å². The maximum absolute atomic E-state index is 4.32. The topological polar surface area (TPSA) is 28.5 Å². The highest BCUT2D eigenvalue weighted by molar-refractivity contribution is 7.98. The lowest BCUT2D eigenvalue weighted by molar-refractivity contribution is 0.997. The van der Waals surface area contributed by atoms with Gasteiger partial charge < -0.3 is 4.90 Å². The van der Waals surface area contributed by atoms with Gasteiger partial charge in [-0.15, -0.1) is 0 Å². The van der Waals surface area contributed by atoms with E-state index >= 15 is 0 Å². The average Bonchev–Trinajstić information content (AvgIpc) is 2.17. The highest BCUT2D eigenvalue weighted by Crippen LogP contribution is 2.31. The van der Waals surface area contributed by atoms with Crippen LogP contribution in [0, 0.1) is 6.92 Å². The van der Waals surface area contributed by atoms with Crippen LogP contribution < -0.4 is 4.90 Å². The maximum Gasteiger partial charge on any atom is 0.142 e. The Morgan fingerprint density at radius 3 is 3.15 bits per heavy atom. The zero-order valence-electron chi connectivity index (χ0n) is 7.69. The smallest absolute Gasteiger partial charge is 0.142 e. The number of fused-ring (bicyclic) bond motifs is 1. The van der Waals surface area contributed by atoms with E-state index in [1.165, 1.54) is 23.2 Å². The fraction of sp³-hybridized carbons (Fsp3) is 0.333. The Morgan fingerprint density at radius 1 is 1.54 bits per heavy atom. The van der Waals surface area contributed by atoms with Crippen LogP contribution in [0.25, 0.3) is 0 Å². The SMILES string of the molecule is CCN1C=NSc2ncc(C)cc21. The normalized spacial score (nSPS) is 14.5. The molecule has 0 N–H and O–H groups in total. The molecule has 0 aliphatic carbocycles. The molecule has 4 heteroatoms. The van der Waals surface area contributed by atoms with Gasteiger partial charge in [0.15, 0.2) is 0 Å². The maximum atomic E-state index is 4.32. The Labute approximate surface area is 82.0 Å². The summed E-state index contributed by atoms with van der Waals surface area (Å²) < 4.78 is 4.16. The van der Waals surface area contributed by atoms with Crippen LogP contribution in [0.1, 0.15) is 12.5 Å². The minimum absolute atomic E-state index is 0.933. The van der Waals surface area contributed by atoms with Crippen molar-refractivity contribution in [3.05, 3.63) is 17.8 Å². The van der Waals surface area contributed by atoms with Gasteiger partial charge in [0.2, 0.25) is 0 Å². The largest absolute Gasteiger partial charge is 0.330 e. The molecule has 1 aromatic rings. The van der Waals surface area contributed by atoms with Crippen LogP contribution in [0.4, 0.5) is 5.69 Å². The molecule has 1 aromatic heterocycles. The molecule has 0 radical (unpaired) electrons. The van der Waals surface area contributed by atoms with Gasteiger partial charge >= 0.3 is 0 Å². The van der Waals surface area contributed by atoms with Gasteiger partial charge in [0, 0.05) is 24.7 Å². The minimum Gasteiger partial charge on any atom is -0.330 e. The molecule has 1 aliphatic heterocycles. The van der Waals surface area contributed by atoms with E-state index in [9.17, 15) is 0 Å². The number of pyridine rings is 1. The second kappa shape index (κ2) is 3.38. The number of hydrogen-bond acceptors (Lipinski definition) is 4. The Balaban J connectivity index is 2.46. The van der Waals surface area contributed by atoms with Crippen LogP contribution in [0.2, 0.25) is 0 Å². The van der Waals surface area contributed by atoms with E-state index in [-0.39, 0.29) is 0 Å². The fourth-order valence-electron chi connectivity index (χ4n) is 1.26. The van der Waals surface area contributed by atoms with E-state index in [0.29, 0.717) is 0 Å². The van der Waals surface area contributed by atoms with Crippen LogP contribution in [0.3, 0.4) is 0 Å². The van der Waals surface area contributed by atoms with E-state index in [1.807, 2.05) is 12.5 Å². The molecule has 0 amide bonds. The molecule has 2 heterocycles. The third-order valence-electron chi connectivity index (χ3n) is 1.94. The molecular formula is C9H11N3S. The van der Waals surface area contributed by atoms with Crippen LogP contribution >= 0.6 is 11.9 Å². The summed E-state index contributed by atoms with van der Waals surface area (Å²) >= 11 is 1.43. The highest BCUT2D eigenvalue weighted by Gasteiger charge is 2.13. The van der Waals surface area contributed by atoms with Crippen LogP contribution in [0.15, 0.2) is 21.7 Å². The number of aromatic nitrogens is 1. The molecule has 0 unspecified atom stereocenters. The second-order valence-corrected chi connectivity index (χ2v) is 3.72. The first-order valence-electron chi connectivity index (χ1n) is 4.25. The molecule has 68 valence electrons. The van der Waals surface area contributed by atoms with Crippen molar-refractivity contribution >= 4 is 24.0 Å². The lowest BCUT2D eigenvalue weighted by Crippen LogP contribution is -2.23. The van der Waals surface area contributed by atoms with Gasteiger partial charge in [-0.2, -0.15) is 4.40 Å². The van der Waals surface area contributed by atoms with E-state index in [4.69, 9.17) is 0 Å². The summed E-state index contributed by atoms with van der Waals surface area (Å²) in [6.07, 6.45) is 3.73. The van der Waals surface area contributed by atoms with E-state index in [0.717, 1.165) is 11.6 Å². The Hall–Kier alpha value is -1.03. The second-order valence-electron chi connectivity index (χ2n) is 2.94. The lowest BCUT2D eigenvalue weighted by Gasteiger charge is -2.22. The Kier molecular flexibility index (Phi) is 2.22. The van der Waals surface area contributed by atoms with Crippen LogP contribution in [-0.4, -0.2) is 17.9 Å². The van der Waals surface area contributed by atoms with Crippen molar-refractivity contribution in [1.82, 2.24) is 4.98 Å². The predicted octanol–water partition coefficient (Wildman–Crippen LogP) is 2.27. The van der Waals surface area contributed by atoms with Gasteiger partial charge in [0.25, 0.3) is 0 Å². The van der Waals surface area contributed by atoms with Crippen LogP contribution in [0.5, 0.6) is 0 Å². The van der Waals surface area contributed by atoms with Crippen molar-refractivity contribution in [2.45, 2.75) is 18.9 Å². The summed E-state index contributed by atoms with van der Waals surface area (Å²) in [5.41, 5.74) is 2.36. The molecular weight excluding hydrogens is 182 g/mol. The molecule has 3 nitrogen and oxygen atoms in total. The monoisotopic (exact) mass is 193 g/mol. The zero-order valence-corrected chi connectivity index (χ0v) is 8.51. The summed E-state index contributed by atoms with van der Waals surface area (Å²) in [5.74, 6) is 0. The molecule has 0 aromatic carbocycles. The molecule has 2 rings (SSSR count). The first-order valence-corrected chi connectivity index (χ1v) is 5.02. The third-order valence-corrected chi connectivity index (χ3v) is 2.63. The van der Waals surface area contributed by atoms with Gasteiger partial charge in [0.05, 0.1) is 5.69 Å². The number of anilines is 1. The standard InChI is InChI=1S/C9H11N3S/c1-3-12-6-11-13-9-8(12)4-7(2)5-10-9/h4-6H,3H2,1-2H3. The summed E-state index contributed by atoms with van der Waals surface area (Å²) in [6.45, 7) is 5.09. The average molecular weight is 193 g/mol. The van der Waals surface area contributed by atoms with Crippen molar-refractivity contribution in [2.75, 3.05) is 11.4 Å². The summed E-state index contributed by atoms with van der Waals surface area (Å²) in [6, 6.07) is 2.14. The summed E-state index contributed by atoms with van der Waals surface area (Å²) in [7, 11) is 0. The summed E-state index contributed by atoms with van der Waals surface area (Å²) in [5, 5.41) is 0.995. The molecule has 0 atom stereocenters. The zero-order chi connectivity index (χ0) is 9.26. The quantitative estimate of drug-likeness (QED) is 0.640. The summed E-state index contributed by atoms with van der Waals surface area (Å²) in [4.78, 5) is 6.43. The van der Waals surface area contributed by atoms with Crippen molar-refractivity contribution in [3.8, 4) is 0 Å². The Bertz CT molecular complexity index is 349. The molecule has 0 saturated heterocycles. The molecule has 0 spiro atoms. The molecule has 1 aliphatic rings. The number of rotatable bonds is 1. The fourth-order valence-corrected chi connectivity index (χ4v) is 1.89. The van der Waals surface area contributed by atoms with Crippen molar-refractivity contribution in [3.63, 3.8) is 0 Å². The first kappa shape index (κ1) is 8.56. The van der Waals surface area contributed by atoms with E-state index in [2.05, 4.69) is 34.2 Å². The van der Waals surface area contributed by atoms with Crippen LogP contribution in [-0.2, 0) is 0 Å². The Morgan fingerprint density at radius 2 is 2.38 bits per heavy atom. The van der Waals surface area contributed by atoms with E-state index < -0.39 is 0 Å². The number of aryl methyl sites for hydroxylation is 1. The lowest BCUT2D eigenvalue weighted by atomic mass is 10.3. The highest BCUT2D eigenvalue weighted by atomic mass is 32.2. The molecule has 0 bridgehead atoms. The molecule has 0 saturated carbocycles. The minimum atomic E-state index is 0.933. The first-order chi connectivity index (χ1) is 6.31. The molecule has 13 heavy (non-hydrogen) atoms. The van der Waals surface area contributed by atoms with Gasteiger partial charge in [-0.1, -0.05) is 0 Å².